The van der Waals surface area contributed by atoms with Crippen LogP contribution >= 0.6 is 0 Å². The Hall–Kier alpha value is -0.860. The van der Waals surface area contributed by atoms with Crippen LogP contribution in [0.3, 0.4) is 0 Å². The van der Waals surface area contributed by atoms with E-state index in [1.54, 1.807) is 14.2 Å². The molecule has 0 radical (unpaired) electrons. The van der Waals surface area contributed by atoms with Crippen LogP contribution in [-0.2, 0) is 15.3 Å². The van der Waals surface area contributed by atoms with Crippen molar-refractivity contribution in [2.24, 2.45) is 0 Å². The quantitative estimate of drug-likeness (QED) is 0.665. The van der Waals surface area contributed by atoms with Crippen LogP contribution in [0, 0.1) is 6.92 Å². The predicted octanol–water partition coefficient (Wildman–Crippen LogP) is 2.46. The molecule has 2 heteroatoms. The Balaban J connectivity index is 3.05. The molecule has 13 heavy (non-hydrogen) atoms. The van der Waals surface area contributed by atoms with Gasteiger partial charge in [0.15, 0.2) is 5.79 Å². The van der Waals surface area contributed by atoms with E-state index < -0.39 is 5.79 Å². The largest absolute Gasteiger partial charge is 0.349 e. The molecule has 0 saturated heterocycles. The molecule has 0 saturated carbocycles. The minimum Gasteiger partial charge on any atom is -0.349 e. The molecule has 0 spiro atoms. The molecule has 0 aromatic heterocycles. The lowest BCUT2D eigenvalue weighted by molar-refractivity contribution is -0.201. The maximum atomic E-state index is 5.31. The van der Waals surface area contributed by atoms with Gasteiger partial charge in [-0.3, -0.25) is 0 Å². The first-order valence-electron chi connectivity index (χ1n) is 4.30. The lowest BCUT2D eigenvalue weighted by atomic mass is 10.1. The first kappa shape index (κ1) is 10.2. The zero-order valence-corrected chi connectivity index (χ0v) is 8.63. The third kappa shape index (κ3) is 2.08. The van der Waals surface area contributed by atoms with E-state index >= 15 is 0 Å². The van der Waals surface area contributed by atoms with E-state index in [-0.39, 0.29) is 0 Å². The van der Waals surface area contributed by atoms with Crippen LogP contribution in [-0.4, -0.2) is 14.2 Å². The number of hydrogen-bond acceptors (Lipinski definition) is 2. The highest BCUT2D eigenvalue weighted by Gasteiger charge is 2.24. The number of methoxy groups -OCH3 is 2. The van der Waals surface area contributed by atoms with Gasteiger partial charge in [-0.05, 0) is 13.8 Å². The Morgan fingerprint density at radius 1 is 1.15 bits per heavy atom. The minimum absolute atomic E-state index is 0.633. The van der Waals surface area contributed by atoms with Gasteiger partial charge >= 0.3 is 0 Å². The van der Waals surface area contributed by atoms with E-state index in [1.165, 1.54) is 5.56 Å². The highest BCUT2D eigenvalue weighted by molar-refractivity contribution is 5.25. The fourth-order valence-electron chi connectivity index (χ4n) is 1.25. The van der Waals surface area contributed by atoms with Crippen molar-refractivity contribution in [3.8, 4) is 0 Å². The van der Waals surface area contributed by atoms with Crippen LogP contribution in [0.5, 0.6) is 0 Å². The van der Waals surface area contributed by atoms with Crippen LogP contribution in [0.2, 0.25) is 0 Å². The fourth-order valence-corrected chi connectivity index (χ4v) is 1.25. The third-order valence-electron chi connectivity index (χ3n) is 2.32. The first-order chi connectivity index (χ1) is 6.12. The highest BCUT2D eigenvalue weighted by Crippen LogP contribution is 2.25. The molecule has 0 fully saturated rings. The van der Waals surface area contributed by atoms with Gasteiger partial charge in [-0.15, -0.1) is 0 Å². The molecular weight excluding hydrogens is 164 g/mol. The zero-order chi connectivity index (χ0) is 9.90. The number of ether oxygens (including phenoxy) is 2. The third-order valence-corrected chi connectivity index (χ3v) is 2.32. The first-order valence-corrected chi connectivity index (χ1v) is 4.30. The summed E-state index contributed by atoms with van der Waals surface area (Å²) in [4.78, 5) is 0. The van der Waals surface area contributed by atoms with Crippen molar-refractivity contribution < 1.29 is 9.47 Å². The molecule has 0 aliphatic carbocycles. The van der Waals surface area contributed by atoms with E-state index in [0.717, 1.165) is 5.56 Å². The number of hydrogen-bond donors (Lipinski definition) is 0. The molecule has 0 bridgehead atoms. The molecule has 1 aromatic rings. The average Bonchev–Trinajstić information content (AvgIpc) is 2.17. The molecule has 1 rings (SSSR count). The predicted molar refractivity (Wildman–Crippen MR) is 52.5 cm³/mol. The summed E-state index contributed by atoms with van der Waals surface area (Å²) in [6, 6.07) is 8.11. The van der Waals surface area contributed by atoms with Gasteiger partial charge < -0.3 is 9.47 Å². The van der Waals surface area contributed by atoms with Crippen LogP contribution in [0.15, 0.2) is 24.3 Å². The maximum Gasteiger partial charge on any atom is 0.191 e. The van der Waals surface area contributed by atoms with Crippen molar-refractivity contribution in [3.63, 3.8) is 0 Å². The average molecular weight is 180 g/mol. The van der Waals surface area contributed by atoms with E-state index in [1.807, 2.05) is 19.1 Å². The lowest BCUT2D eigenvalue weighted by Gasteiger charge is -2.26. The summed E-state index contributed by atoms with van der Waals surface area (Å²) in [5.41, 5.74) is 2.25. The Labute approximate surface area is 79.5 Å². The SMILES string of the molecule is COC(C)(OC)c1cccc(C)c1. The van der Waals surface area contributed by atoms with Crippen molar-refractivity contribution in [3.05, 3.63) is 35.4 Å². The Bertz CT molecular complexity index is 277. The van der Waals surface area contributed by atoms with Crippen molar-refractivity contribution in [2.75, 3.05) is 14.2 Å². The molecule has 0 aliphatic rings. The normalized spacial score (nSPS) is 11.7. The second kappa shape index (κ2) is 3.90. The van der Waals surface area contributed by atoms with Crippen LogP contribution < -0.4 is 0 Å². The molecule has 72 valence electrons. The van der Waals surface area contributed by atoms with Gasteiger partial charge in [-0.1, -0.05) is 29.8 Å². The molecule has 1 aromatic carbocycles. The van der Waals surface area contributed by atoms with E-state index in [4.69, 9.17) is 9.47 Å². The summed E-state index contributed by atoms with van der Waals surface area (Å²) in [5.74, 6) is -0.633. The van der Waals surface area contributed by atoms with E-state index in [0.29, 0.717) is 0 Å². The Morgan fingerprint density at radius 3 is 2.23 bits per heavy atom. The fraction of sp³-hybridized carbons (Fsp3) is 0.455. The summed E-state index contributed by atoms with van der Waals surface area (Å²) < 4.78 is 10.6. The zero-order valence-electron chi connectivity index (χ0n) is 8.63. The second-order valence-corrected chi connectivity index (χ2v) is 3.22. The topological polar surface area (TPSA) is 18.5 Å². The van der Waals surface area contributed by atoms with Crippen molar-refractivity contribution in [2.45, 2.75) is 19.6 Å². The molecule has 0 unspecified atom stereocenters. The second-order valence-electron chi connectivity index (χ2n) is 3.22. The molecule has 2 nitrogen and oxygen atoms in total. The summed E-state index contributed by atoms with van der Waals surface area (Å²) in [7, 11) is 3.29. The molecule has 0 aliphatic heterocycles. The van der Waals surface area contributed by atoms with Crippen molar-refractivity contribution >= 4 is 0 Å². The number of benzene rings is 1. The van der Waals surface area contributed by atoms with Gasteiger partial charge in [0.25, 0.3) is 0 Å². The maximum absolute atomic E-state index is 5.31. The van der Waals surface area contributed by atoms with Gasteiger partial charge in [0, 0.05) is 19.8 Å². The monoisotopic (exact) mass is 180 g/mol. The summed E-state index contributed by atoms with van der Waals surface area (Å²) in [5, 5.41) is 0. The smallest absolute Gasteiger partial charge is 0.191 e. The standard InChI is InChI=1S/C11H16O2/c1-9-6-5-7-10(8-9)11(2,12-3)13-4/h5-8H,1-4H3. The van der Waals surface area contributed by atoms with Crippen molar-refractivity contribution in [1.29, 1.82) is 0 Å². The molecule has 0 atom stereocenters. The Morgan fingerprint density at radius 2 is 1.77 bits per heavy atom. The molecular formula is C11H16O2. The van der Waals surface area contributed by atoms with E-state index in [9.17, 15) is 0 Å². The van der Waals surface area contributed by atoms with E-state index in [2.05, 4.69) is 19.1 Å². The van der Waals surface area contributed by atoms with Gasteiger partial charge in [-0.2, -0.15) is 0 Å². The number of aryl methyl sites for hydroxylation is 1. The highest BCUT2D eigenvalue weighted by atomic mass is 16.7. The minimum atomic E-state index is -0.633. The summed E-state index contributed by atoms with van der Waals surface area (Å²) in [6.45, 7) is 3.96. The van der Waals surface area contributed by atoms with Crippen LogP contribution in [0.1, 0.15) is 18.1 Å². The summed E-state index contributed by atoms with van der Waals surface area (Å²) >= 11 is 0. The molecule has 0 heterocycles. The van der Waals surface area contributed by atoms with Gasteiger partial charge in [0.2, 0.25) is 0 Å². The Kier molecular flexibility index (Phi) is 3.07. The van der Waals surface area contributed by atoms with Crippen LogP contribution in [0.25, 0.3) is 0 Å². The van der Waals surface area contributed by atoms with Crippen molar-refractivity contribution in [1.82, 2.24) is 0 Å². The summed E-state index contributed by atoms with van der Waals surface area (Å²) in [6.07, 6.45) is 0. The van der Waals surface area contributed by atoms with Gasteiger partial charge in [0.1, 0.15) is 0 Å². The van der Waals surface area contributed by atoms with Crippen LogP contribution in [0.4, 0.5) is 0 Å². The lowest BCUT2D eigenvalue weighted by Crippen LogP contribution is -2.26. The molecule has 0 amide bonds. The van der Waals surface area contributed by atoms with Gasteiger partial charge in [0.05, 0.1) is 0 Å². The molecule has 0 N–H and O–H groups in total. The van der Waals surface area contributed by atoms with Gasteiger partial charge in [-0.25, -0.2) is 0 Å². The number of rotatable bonds is 3.